The van der Waals surface area contributed by atoms with Gasteiger partial charge in [0.25, 0.3) is 0 Å². The van der Waals surface area contributed by atoms with Gasteiger partial charge >= 0.3 is 0 Å². The first kappa shape index (κ1) is 9.50. The largest absolute Gasteiger partial charge is 0.226 e. The monoisotopic (exact) mass is 247 g/mol. The van der Waals surface area contributed by atoms with Gasteiger partial charge in [-0.1, -0.05) is 33.6 Å². The number of halogens is 3. The summed E-state index contributed by atoms with van der Waals surface area (Å²) in [5, 5.41) is 8.55. The minimum atomic E-state index is -1.65. The molecule has 0 amide bonds. The third-order valence-corrected chi connectivity index (χ3v) is 2.17. The Hall–Kier alpha value is -0.590. The van der Waals surface area contributed by atoms with Crippen LogP contribution in [-0.4, -0.2) is 0 Å². The van der Waals surface area contributed by atoms with Crippen LogP contribution in [0.4, 0.5) is 4.39 Å². The molecule has 0 aliphatic carbocycles. The molecule has 1 atom stereocenters. The van der Waals surface area contributed by atoms with Crippen molar-refractivity contribution in [2.45, 2.75) is 6.17 Å². The normalized spacial score (nSPS) is 12.2. The van der Waals surface area contributed by atoms with Crippen LogP contribution in [-0.2, 0) is 0 Å². The van der Waals surface area contributed by atoms with Crippen LogP contribution < -0.4 is 0 Å². The Balaban J connectivity index is 3.11. The van der Waals surface area contributed by atoms with Crippen LogP contribution in [0.15, 0.2) is 22.7 Å². The standard InChI is InChI=1S/C8H4BrClFN/c9-5-1-2-6(7(10)3-5)8(11)4-12/h1-3,8H. The number of hydrogen-bond acceptors (Lipinski definition) is 1. The van der Waals surface area contributed by atoms with Crippen LogP contribution in [0.2, 0.25) is 5.02 Å². The van der Waals surface area contributed by atoms with Crippen LogP contribution in [0.3, 0.4) is 0 Å². The molecule has 4 heteroatoms. The van der Waals surface area contributed by atoms with Gasteiger partial charge in [0.05, 0.1) is 0 Å². The molecule has 12 heavy (non-hydrogen) atoms. The van der Waals surface area contributed by atoms with E-state index in [1.54, 1.807) is 12.1 Å². The van der Waals surface area contributed by atoms with Gasteiger partial charge in [-0.05, 0) is 12.1 Å². The van der Waals surface area contributed by atoms with Crippen molar-refractivity contribution in [2.75, 3.05) is 0 Å². The second-order valence-electron chi connectivity index (χ2n) is 2.16. The summed E-state index contributed by atoms with van der Waals surface area (Å²) in [7, 11) is 0. The molecule has 0 aliphatic rings. The van der Waals surface area contributed by atoms with Gasteiger partial charge in [0, 0.05) is 15.1 Å². The van der Waals surface area contributed by atoms with Gasteiger partial charge in [0.15, 0.2) is 0 Å². The number of benzene rings is 1. The smallest absolute Gasteiger partial charge is 0.212 e. The van der Waals surface area contributed by atoms with Crippen LogP contribution in [0.25, 0.3) is 0 Å². The van der Waals surface area contributed by atoms with Crippen molar-refractivity contribution in [1.82, 2.24) is 0 Å². The highest BCUT2D eigenvalue weighted by atomic mass is 79.9. The van der Waals surface area contributed by atoms with E-state index in [4.69, 9.17) is 16.9 Å². The van der Waals surface area contributed by atoms with E-state index in [9.17, 15) is 4.39 Å². The Morgan fingerprint density at radius 3 is 2.75 bits per heavy atom. The van der Waals surface area contributed by atoms with Crippen molar-refractivity contribution in [3.8, 4) is 6.07 Å². The zero-order valence-electron chi connectivity index (χ0n) is 5.89. The molecule has 1 unspecified atom stereocenters. The summed E-state index contributed by atoms with van der Waals surface area (Å²) >= 11 is 8.86. The summed E-state index contributed by atoms with van der Waals surface area (Å²) in [6.45, 7) is 0. The molecular weight excluding hydrogens is 244 g/mol. The van der Waals surface area contributed by atoms with Gasteiger partial charge < -0.3 is 0 Å². The van der Waals surface area contributed by atoms with Gasteiger partial charge in [0.1, 0.15) is 6.07 Å². The summed E-state index contributed by atoms with van der Waals surface area (Å²) in [6, 6.07) is 6.16. The van der Waals surface area contributed by atoms with E-state index < -0.39 is 6.17 Å². The number of hydrogen-bond donors (Lipinski definition) is 0. The molecule has 0 bridgehead atoms. The van der Waals surface area contributed by atoms with E-state index in [1.165, 1.54) is 12.1 Å². The van der Waals surface area contributed by atoms with Crippen LogP contribution in [0, 0.1) is 11.3 Å². The Morgan fingerprint density at radius 2 is 2.25 bits per heavy atom. The Labute approximate surface area is 82.9 Å². The third kappa shape index (κ3) is 1.96. The molecule has 0 saturated carbocycles. The molecule has 1 aromatic rings. The molecule has 0 N–H and O–H groups in total. The highest BCUT2D eigenvalue weighted by Gasteiger charge is 2.11. The van der Waals surface area contributed by atoms with Gasteiger partial charge in [-0.25, -0.2) is 4.39 Å². The Kier molecular flexibility index (Phi) is 3.07. The fourth-order valence-corrected chi connectivity index (χ4v) is 1.55. The Morgan fingerprint density at radius 1 is 1.58 bits per heavy atom. The first-order valence-corrected chi connectivity index (χ1v) is 4.31. The maximum Gasteiger partial charge on any atom is 0.212 e. The molecule has 0 aliphatic heterocycles. The summed E-state index contributed by atoms with van der Waals surface area (Å²) in [6.07, 6.45) is -1.65. The van der Waals surface area contributed by atoms with Crippen molar-refractivity contribution < 1.29 is 4.39 Å². The summed E-state index contributed by atoms with van der Waals surface area (Å²) in [5.74, 6) is 0. The molecule has 1 nitrogen and oxygen atoms in total. The molecule has 1 rings (SSSR count). The van der Waals surface area contributed by atoms with E-state index in [1.807, 2.05) is 0 Å². The fourth-order valence-electron chi connectivity index (χ4n) is 0.777. The Bertz CT molecular complexity index is 334. The zero-order valence-corrected chi connectivity index (χ0v) is 8.23. The van der Waals surface area contributed by atoms with Crippen molar-refractivity contribution in [2.24, 2.45) is 0 Å². The number of nitriles is 1. The lowest BCUT2D eigenvalue weighted by Crippen LogP contribution is -1.88. The molecule has 0 fully saturated rings. The number of alkyl halides is 1. The van der Waals surface area contributed by atoms with Crippen molar-refractivity contribution in [1.29, 1.82) is 5.26 Å². The summed E-state index contributed by atoms with van der Waals surface area (Å²) in [5.41, 5.74) is 0.211. The summed E-state index contributed by atoms with van der Waals surface area (Å²) < 4.78 is 13.6. The predicted octanol–water partition coefficient (Wildman–Crippen LogP) is 3.64. The van der Waals surface area contributed by atoms with Gasteiger partial charge in [-0.15, -0.1) is 0 Å². The highest BCUT2D eigenvalue weighted by Crippen LogP contribution is 2.27. The lowest BCUT2D eigenvalue weighted by atomic mass is 10.1. The zero-order chi connectivity index (χ0) is 9.14. The van der Waals surface area contributed by atoms with Crippen LogP contribution in [0.5, 0.6) is 0 Å². The SMILES string of the molecule is N#CC(F)c1ccc(Br)cc1Cl. The van der Waals surface area contributed by atoms with E-state index in [0.29, 0.717) is 0 Å². The maximum absolute atomic E-state index is 12.8. The molecule has 0 heterocycles. The lowest BCUT2D eigenvalue weighted by molar-refractivity contribution is 0.424. The van der Waals surface area contributed by atoms with Crippen molar-refractivity contribution >= 4 is 27.5 Å². The highest BCUT2D eigenvalue weighted by molar-refractivity contribution is 9.10. The quantitative estimate of drug-likeness (QED) is 0.744. The van der Waals surface area contributed by atoms with Crippen LogP contribution >= 0.6 is 27.5 Å². The minimum Gasteiger partial charge on any atom is -0.226 e. The molecule has 0 radical (unpaired) electrons. The van der Waals surface area contributed by atoms with E-state index in [2.05, 4.69) is 15.9 Å². The van der Waals surface area contributed by atoms with Gasteiger partial charge in [0.2, 0.25) is 6.17 Å². The third-order valence-electron chi connectivity index (χ3n) is 1.35. The molecule has 0 aromatic heterocycles. The minimum absolute atomic E-state index is 0.211. The fraction of sp³-hybridized carbons (Fsp3) is 0.125. The number of nitrogens with zero attached hydrogens (tertiary/aromatic N) is 1. The van der Waals surface area contributed by atoms with Gasteiger partial charge in [-0.2, -0.15) is 5.26 Å². The maximum atomic E-state index is 12.8. The van der Waals surface area contributed by atoms with Gasteiger partial charge in [-0.3, -0.25) is 0 Å². The van der Waals surface area contributed by atoms with E-state index >= 15 is 0 Å². The predicted molar refractivity (Wildman–Crippen MR) is 48.6 cm³/mol. The topological polar surface area (TPSA) is 23.8 Å². The van der Waals surface area contributed by atoms with Crippen LogP contribution in [0.1, 0.15) is 11.7 Å². The lowest BCUT2D eigenvalue weighted by Gasteiger charge is -2.02. The average Bonchev–Trinajstić information content (AvgIpc) is 2.03. The molecule has 0 saturated heterocycles. The first-order valence-electron chi connectivity index (χ1n) is 3.14. The van der Waals surface area contributed by atoms with Crippen molar-refractivity contribution in [3.63, 3.8) is 0 Å². The van der Waals surface area contributed by atoms with Crippen molar-refractivity contribution in [3.05, 3.63) is 33.3 Å². The average molecular weight is 248 g/mol. The second kappa shape index (κ2) is 3.88. The molecule has 62 valence electrons. The van der Waals surface area contributed by atoms with E-state index in [-0.39, 0.29) is 10.6 Å². The molecular formula is C8H4BrClFN. The first-order chi connectivity index (χ1) is 5.65. The van der Waals surface area contributed by atoms with E-state index in [0.717, 1.165) is 4.47 Å². The number of rotatable bonds is 1. The molecule has 1 aromatic carbocycles. The molecule has 0 spiro atoms. The second-order valence-corrected chi connectivity index (χ2v) is 3.48. The summed E-state index contributed by atoms with van der Waals surface area (Å²) in [4.78, 5) is 0.